The number of benzene rings is 1. The third kappa shape index (κ3) is 3.01. The minimum atomic E-state index is -0.994. The maximum absolute atomic E-state index is 12.9. The number of hydrogen-bond donors (Lipinski definition) is 3. The molecule has 3 N–H and O–H groups in total. The lowest BCUT2D eigenvalue weighted by atomic mass is 9.86. The first-order chi connectivity index (χ1) is 13.9. The second-order valence-electron chi connectivity index (χ2n) is 7.30. The summed E-state index contributed by atoms with van der Waals surface area (Å²) in [7, 11) is 2.90. The van der Waals surface area contributed by atoms with Crippen LogP contribution in [0.2, 0.25) is 0 Å². The Hall–Kier alpha value is -2.46. The number of methoxy groups -OCH3 is 2. The number of β-lactam (4-membered cyclic amide) rings is 1. The lowest BCUT2D eigenvalue weighted by molar-refractivity contribution is -0.160. The van der Waals surface area contributed by atoms with Crippen molar-refractivity contribution in [3.05, 3.63) is 23.8 Å². The van der Waals surface area contributed by atoms with E-state index in [1.807, 2.05) is 0 Å². The van der Waals surface area contributed by atoms with Crippen molar-refractivity contribution in [2.45, 2.75) is 35.0 Å². The molecule has 0 aromatic heterocycles. The highest BCUT2D eigenvalue weighted by Crippen LogP contribution is 2.55. The fourth-order valence-corrected chi connectivity index (χ4v) is 6.37. The molecule has 156 valence electrons. The van der Waals surface area contributed by atoms with Gasteiger partial charge in [0.1, 0.15) is 34.5 Å². The minimum Gasteiger partial charge on any atom is -0.496 e. The second-order valence-corrected chi connectivity index (χ2v) is 8.83. The van der Waals surface area contributed by atoms with E-state index in [0.29, 0.717) is 37.4 Å². The summed E-state index contributed by atoms with van der Waals surface area (Å²) < 4.78 is 10.0. The number of nitrogens with one attached hydrogen (secondary N) is 2. The fourth-order valence-electron chi connectivity index (χ4n) is 4.45. The first-order valence-electron chi connectivity index (χ1n) is 9.39. The van der Waals surface area contributed by atoms with Gasteiger partial charge >= 0.3 is 5.97 Å². The minimum absolute atomic E-state index is 0.207. The van der Waals surface area contributed by atoms with Crippen LogP contribution < -0.4 is 20.1 Å². The van der Waals surface area contributed by atoms with Crippen LogP contribution >= 0.6 is 11.8 Å². The molecule has 9 nitrogen and oxygen atoms in total. The van der Waals surface area contributed by atoms with Gasteiger partial charge in [-0.2, -0.15) is 0 Å². The molecule has 0 aliphatic carbocycles. The number of carbonyl (C=O) groups is 3. The molecular weight excluding hydrogens is 398 g/mol. The molecule has 29 heavy (non-hydrogen) atoms. The zero-order valence-corrected chi connectivity index (χ0v) is 17.0. The topological polar surface area (TPSA) is 117 Å². The second kappa shape index (κ2) is 7.42. The number of hydrogen-bond acceptors (Lipinski definition) is 7. The summed E-state index contributed by atoms with van der Waals surface area (Å²) in [6.45, 7) is 1.42. The van der Waals surface area contributed by atoms with Gasteiger partial charge in [-0.15, -0.1) is 11.8 Å². The number of nitrogens with zero attached hydrogens (tertiary/aromatic N) is 1. The van der Waals surface area contributed by atoms with Crippen LogP contribution in [0.1, 0.15) is 23.2 Å². The summed E-state index contributed by atoms with van der Waals surface area (Å²) >= 11 is 1.50. The van der Waals surface area contributed by atoms with Gasteiger partial charge in [-0.25, -0.2) is 4.79 Å². The Morgan fingerprint density at radius 3 is 2.41 bits per heavy atom. The van der Waals surface area contributed by atoms with Crippen LogP contribution in [0.25, 0.3) is 0 Å². The zero-order valence-electron chi connectivity index (χ0n) is 16.1. The summed E-state index contributed by atoms with van der Waals surface area (Å²) in [5.74, 6) is -1.18. The van der Waals surface area contributed by atoms with Gasteiger partial charge in [-0.3, -0.25) is 9.59 Å². The van der Waals surface area contributed by atoms with Crippen LogP contribution in [0.15, 0.2) is 18.2 Å². The number of carbonyl (C=O) groups excluding carboxylic acids is 2. The first-order valence-corrected chi connectivity index (χ1v) is 10.3. The van der Waals surface area contributed by atoms with E-state index in [-0.39, 0.29) is 11.5 Å². The Labute approximate surface area is 172 Å². The maximum atomic E-state index is 12.9. The number of rotatable bonds is 5. The number of piperidine rings is 1. The van der Waals surface area contributed by atoms with Gasteiger partial charge in [0.05, 0.1) is 19.0 Å². The monoisotopic (exact) mass is 421 g/mol. The molecule has 3 aliphatic heterocycles. The van der Waals surface area contributed by atoms with Crippen molar-refractivity contribution in [1.29, 1.82) is 0 Å². The van der Waals surface area contributed by atoms with Gasteiger partial charge in [-0.1, -0.05) is 6.07 Å². The van der Waals surface area contributed by atoms with E-state index >= 15 is 0 Å². The largest absolute Gasteiger partial charge is 0.496 e. The van der Waals surface area contributed by atoms with Crippen LogP contribution in [0, 0.1) is 0 Å². The molecule has 0 bridgehead atoms. The molecule has 2 unspecified atom stereocenters. The Bertz CT molecular complexity index is 834. The Morgan fingerprint density at radius 2 is 1.86 bits per heavy atom. The molecule has 4 rings (SSSR count). The molecule has 0 saturated carbocycles. The molecule has 3 aliphatic rings. The Morgan fingerprint density at radius 1 is 1.24 bits per heavy atom. The number of fused-ring (bicyclic) bond motifs is 1. The maximum Gasteiger partial charge on any atom is 0.327 e. The number of amides is 2. The van der Waals surface area contributed by atoms with Gasteiger partial charge in [0.15, 0.2) is 0 Å². The lowest BCUT2D eigenvalue weighted by Gasteiger charge is -2.44. The van der Waals surface area contributed by atoms with Crippen molar-refractivity contribution in [2.24, 2.45) is 0 Å². The lowest BCUT2D eigenvalue weighted by Crippen LogP contribution is -2.71. The van der Waals surface area contributed by atoms with Crippen LogP contribution in [-0.4, -0.2) is 77.3 Å². The predicted molar refractivity (Wildman–Crippen MR) is 105 cm³/mol. The molecule has 1 aromatic rings. The zero-order chi connectivity index (χ0) is 20.8. The van der Waals surface area contributed by atoms with Crippen LogP contribution in [0.3, 0.4) is 0 Å². The Kier molecular flexibility index (Phi) is 5.07. The highest BCUT2D eigenvalue weighted by molar-refractivity contribution is 8.01. The molecule has 3 saturated heterocycles. The number of carboxylic acids is 1. The van der Waals surface area contributed by atoms with Crippen LogP contribution in [-0.2, 0) is 9.59 Å². The average Bonchev–Trinajstić information content (AvgIpc) is 3.02. The van der Waals surface area contributed by atoms with Gasteiger partial charge < -0.3 is 30.1 Å². The van der Waals surface area contributed by atoms with E-state index in [9.17, 15) is 19.5 Å². The van der Waals surface area contributed by atoms with Crippen LogP contribution in [0.4, 0.5) is 0 Å². The summed E-state index contributed by atoms with van der Waals surface area (Å²) in [5.41, 5.74) is 0.207. The number of aliphatic carboxylic acids is 1. The number of ether oxygens (including phenoxy) is 2. The molecule has 2 amide bonds. The van der Waals surface area contributed by atoms with E-state index < -0.39 is 34.1 Å². The van der Waals surface area contributed by atoms with Gasteiger partial charge in [0, 0.05) is 0 Å². The SMILES string of the molecule is COc1cccc(OC)c1C(=O)NC1C(=O)N2C(C(=O)O)C3(CCNCC3)S[C@@H]12. The van der Waals surface area contributed by atoms with Crippen LogP contribution in [0.5, 0.6) is 11.5 Å². The van der Waals surface area contributed by atoms with E-state index in [2.05, 4.69) is 10.6 Å². The first kappa shape index (κ1) is 19.8. The van der Waals surface area contributed by atoms with E-state index in [1.165, 1.54) is 30.9 Å². The molecular formula is C19H23N3O6S. The molecule has 10 heteroatoms. The highest BCUT2D eigenvalue weighted by Gasteiger charge is 2.67. The summed E-state index contributed by atoms with van der Waals surface area (Å²) in [4.78, 5) is 39.2. The number of thioether (sulfide) groups is 1. The smallest absolute Gasteiger partial charge is 0.327 e. The Balaban J connectivity index is 1.58. The predicted octanol–water partition coefficient (Wildman–Crippen LogP) is 0.293. The van der Waals surface area contributed by atoms with Gasteiger partial charge in [-0.05, 0) is 38.1 Å². The summed E-state index contributed by atoms with van der Waals surface area (Å²) in [6, 6.07) is 3.33. The van der Waals surface area contributed by atoms with Crippen molar-refractivity contribution in [1.82, 2.24) is 15.5 Å². The van der Waals surface area contributed by atoms with Gasteiger partial charge in [0.2, 0.25) is 5.91 Å². The molecule has 3 heterocycles. The van der Waals surface area contributed by atoms with Crippen molar-refractivity contribution >= 4 is 29.5 Å². The normalized spacial score (nSPS) is 27.2. The van der Waals surface area contributed by atoms with Crippen molar-refractivity contribution < 1.29 is 29.0 Å². The van der Waals surface area contributed by atoms with Crippen molar-refractivity contribution in [2.75, 3.05) is 27.3 Å². The molecule has 0 radical (unpaired) electrons. The molecule has 3 fully saturated rings. The molecule has 1 spiro atoms. The summed E-state index contributed by atoms with van der Waals surface area (Å²) in [5, 5.41) is 15.4. The van der Waals surface area contributed by atoms with Gasteiger partial charge in [0.25, 0.3) is 5.91 Å². The van der Waals surface area contributed by atoms with E-state index in [4.69, 9.17) is 9.47 Å². The molecule has 3 atom stereocenters. The third-order valence-electron chi connectivity index (χ3n) is 5.84. The third-order valence-corrected chi connectivity index (χ3v) is 7.68. The standard InChI is InChI=1S/C19H23N3O6S/c1-27-10-4-3-5-11(28-2)12(10)15(23)21-13-16(24)22-14(18(25)26)19(29-17(13)22)6-8-20-9-7-19/h3-5,13-14,17,20H,6-9H2,1-2H3,(H,21,23)(H,25,26)/t13?,14?,17-/m0/s1. The van der Waals surface area contributed by atoms with Crippen molar-refractivity contribution in [3.8, 4) is 11.5 Å². The highest BCUT2D eigenvalue weighted by atomic mass is 32.2. The quantitative estimate of drug-likeness (QED) is 0.581. The van der Waals surface area contributed by atoms with E-state index in [0.717, 1.165) is 0 Å². The summed E-state index contributed by atoms with van der Waals surface area (Å²) in [6.07, 6.45) is 1.33. The average molecular weight is 421 g/mol. The van der Waals surface area contributed by atoms with Crippen molar-refractivity contribution in [3.63, 3.8) is 0 Å². The van der Waals surface area contributed by atoms with E-state index in [1.54, 1.807) is 18.2 Å². The number of carboxylic acid groups (broad SMARTS) is 1. The fraction of sp³-hybridized carbons (Fsp3) is 0.526. The molecule has 1 aromatic carbocycles.